The molecule has 0 saturated carbocycles. The number of benzene rings is 1. The summed E-state index contributed by atoms with van der Waals surface area (Å²) in [6.45, 7) is 6.08. The van der Waals surface area contributed by atoms with E-state index in [0.29, 0.717) is 22.4 Å². The van der Waals surface area contributed by atoms with Crippen LogP contribution >= 0.6 is 0 Å². The number of fused-ring (bicyclic) bond motifs is 1. The third-order valence-corrected chi connectivity index (χ3v) is 6.60. The molecule has 2 aromatic heterocycles. The van der Waals surface area contributed by atoms with Crippen LogP contribution in [0.3, 0.4) is 0 Å². The van der Waals surface area contributed by atoms with Gasteiger partial charge in [0.15, 0.2) is 0 Å². The molecule has 3 aromatic rings. The van der Waals surface area contributed by atoms with E-state index in [2.05, 4.69) is 41.1 Å². The minimum atomic E-state index is -0.114. The second-order valence-electron chi connectivity index (χ2n) is 8.91. The molecule has 6 heteroatoms. The Morgan fingerprint density at radius 3 is 2.81 bits per heavy atom. The predicted molar refractivity (Wildman–Crippen MR) is 124 cm³/mol. The van der Waals surface area contributed by atoms with Crippen molar-refractivity contribution >= 4 is 16.8 Å². The zero-order chi connectivity index (χ0) is 22.0. The van der Waals surface area contributed by atoms with Crippen LogP contribution in [0.5, 0.6) is 0 Å². The molecule has 1 saturated heterocycles. The van der Waals surface area contributed by atoms with Crippen molar-refractivity contribution < 1.29 is 4.79 Å². The van der Waals surface area contributed by atoms with E-state index in [1.54, 1.807) is 19.4 Å². The van der Waals surface area contributed by atoms with Crippen molar-refractivity contribution in [2.75, 3.05) is 26.7 Å². The maximum atomic E-state index is 13.2. The Morgan fingerprint density at radius 1 is 1.19 bits per heavy atom. The Hall–Kier alpha value is -2.86. The van der Waals surface area contributed by atoms with Gasteiger partial charge in [-0.1, -0.05) is 24.3 Å². The van der Waals surface area contributed by atoms with Gasteiger partial charge in [0.1, 0.15) is 5.52 Å². The number of rotatable bonds is 5. The number of nitrogens with zero attached hydrogens (tertiary/aromatic N) is 3. The van der Waals surface area contributed by atoms with E-state index in [9.17, 15) is 9.59 Å². The Labute approximate surface area is 183 Å². The molecule has 1 aliphatic rings. The number of likely N-dealkylation sites (tertiary alicyclic amines) is 1. The lowest BCUT2D eigenvalue weighted by atomic mass is 10.00. The molecule has 31 heavy (non-hydrogen) atoms. The number of hydrogen-bond acceptors (Lipinski definition) is 3. The summed E-state index contributed by atoms with van der Waals surface area (Å²) in [6, 6.07) is 10.4. The fourth-order valence-electron chi connectivity index (χ4n) is 4.71. The minimum absolute atomic E-state index is 0.0267. The monoisotopic (exact) mass is 420 g/mol. The quantitative estimate of drug-likeness (QED) is 0.687. The third kappa shape index (κ3) is 4.59. The molecule has 1 amide bonds. The van der Waals surface area contributed by atoms with Gasteiger partial charge in [0.05, 0.1) is 5.56 Å². The first-order chi connectivity index (χ1) is 14.9. The normalized spacial score (nSPS) is 17.6. The predicted octanol–water partition coefficient (Wildman–Crippen LogP) is 3.55. The maximum absolute atomic E-state index is 13.2. The SMILES string of the molecule is Cc1ccccc1CN1CCCC(CN(C)C(=O)c2cn(C)c(=O)c3[nH]ccc23)CC1. The summed E-state index contributed by atoms with van der Waals surface area (Å²) in [5.41, 5.74) is 3.70. The molecule has 4 rings (SSSR count). The van der Waals surface area contributed by atoms with E-state index in [4.69, 9.17) is 0 Å². The van der Waals surface area contributed by atoms with Crippen LogP contribution in [0.1, 0.15) is 40.7 Å². The van der Waals surface area contributed by atoms with Crippen molar-refractivity contribution in [1.82, 2.24) is 19.4 Å². The second-order valence-corrected chi connectivity index (χ2v) is 8.91. The molecule has 3 heterocycles. The summed E-state index contributed by atoms with van der Waals surface area (Å²) in [5.74, 6) is 0.464. The number of nitrogens with one attached hydrogen (secondary N) is 1. The first kappa shape index (κ1) is 21.4. The van der Waals surface area contributed by atoms with Gasteiger partial charge in [-0.3, -0.25) is 14.5 Å². The van der Waals surface area contributed by atoms with Crippen LogP contribution in [0.2, 0.25) is 0 Å². The highest BCUT2D eigenvalue weighted by Crippen LogP contribution is 2.22. The zero-order valence-electron chi connectivity index (χ0n) is 18.7. The smallest absolute Gasteiger partial charge is 0.274 e. The van der Waals surface area contributed by atoms with Crippen LogP contribution in [-0.2, 0) is 13.6 Å². The average Bonchev–Trinajstić information content (AvgIpc) is 3.15. The van der Waals surface area contributed by atoms with Gasteiger partial charge >= 0.3 is 0 Å². The Balaban J connectivity index is 1.40. The van der Waals surface area contributed by atoms with Crippen LogP contribution < -0.4 is 5.56 Å². The van der Waals surface area contributed by atoms with Crippen LogP contribution in [0.15, 0.2) is 47.5 Å². The molecule has 0 spiro atoms. The number of carbonyl (C=O) groups is 1. The molecule has 1 N–H and O–H groups in total. The molecular formula is C25H32N4O2. The first-order valence-corrected chi connectivity index (χ1v) is 11.1. The Morgan fingerprint density at radius 2 is 2.00 bits per heavy atom. The second kappa shape index (κ2) is 9.10. The summed E-state index contributed by atoms with van der Waals surface area (Å²) in [5, 5.41) is 0.699. The van der Waals surface area contributed by atoms with Crippen LogP contribution in [-0.4, -0.2) is 51.9 Å². The summed E-state index contributed by atoms with van der Waals surface area (Å²) in [7, 11) is 3.57. The number of hydrogen-bond donors (Lipinski definition) is 1. The number of aryl methyl sites for hydroxylation is 2. The fraction of sp³-hybridized carbons (Fsp3) is 0.440. The molecule has 1 aromatic carbocycles. The van der Waals surface area contributed by atoms with Gasteiger partial charge in [-0.05, 0) is 62.4 Å². The molecule has 6 nitrogen and oxygen atoms in total. The number of pyridine rings is 1. The van der Waals surface area contributed by atoms with Gasteiger partial charge in [0, 0.05) is 45.0 Å². The third-order valence-electron chi connectivity index (χ3n) is 6.60. The van der Waals surface area contributed by atoms with Crippen LogP contribution in [0.4, 0.5) is 0 Å². The molecule has 0 radical (unpaired) electrons. The number of carbonyl (C=O) groups excluding carboxylic acids is 1. The summed E-state index contributed by atoms with van der Waals surface area (Å²) >= 11 is 0. The number of amides is 1. The van der Waals surface area contributed by atoms with Crippen molar-refractivity contribution in [1.29, 1.82) is 0 Å². The highest BCUT2D eigenvalue weighted by molar-refractivity contribution is 6.05. The van der Waals surface area contributed by atoms with E-state index in [1.807, 2.05) is 18.0 Å². The molecule has 1 atom stereocenters. The van der Waals surface area contributed by atoms with E-state index < -0.39 is 0 Å². The topological polar surface area (TPSA) is 61.3 Å². The van der Waals surface area contributed by atoms with E-state index in [1.165, 1.54) is 15.7 Å². The Kier molecular flexibility index (Phi) is 6.28. The van der Waals surface area contributed by atoms with Gasteiger partial charge in [0.2, 0.25) is 0 Å². The van der Waals surface area contributed by atoms with Crippen molar-refractivity contribution in [2.24, 2.45) is 13.0 Å². The van der Waals surface area contributed by atoms with Gasteiger partial charge in [-0.15, -0.1) is 0 Å². The molecule has 0 bridgehead atoms. The van der Waals surface area contributed by atoms with Crippen molar-refractivity contribution in [3.8, 4) is 0 Å². The van der Waals surface area contributed by atoms with Gasteiger partial charge in [-0.25, -0.2) is 0 Å². The molecular weight excluding hydrogens is 388 g/mol. The molecule has 164 valence electrons. The summed E-state index contributed by atoms with van der Waals surface area (Å²) in [4.78, 5) is 32.8. The van der Waals surface area contributed by atoms with E-state index in [0.717, 1.165) is 45.4 Å². The van der Waals surface area contributed by atoms with Crippen molar-refractivity contribution in [3.05, 3.63) is 69.8 Å². The van der Waals surface area contributed by atoms with Gasteiger partial charge < -0.3 is 14.5 Å². The fourth-order valence-corrected chi connectivity index (χ4v) is 4.71. The maximum Gasteiger partial charge on any atom is 0.274 e. The summed E-state index contributed by atoms with van der Waals surface area (Å²) < 4.78 is 1.48. The summed E-state index contributed by atoms with van der Waals surface area (Å²) in [6.07, 6.45) is 6.76. The minimum Gasteiger partial charge on any atom is -0.357 e. The van der Waals surface area contributed by atoms with Crippen LogP contribution in [0, 0.1) is 12.8 Å². The van der Waals surface area contributed by atoms with Crippen molar-refractivity contribution in [2.45, 2.75) is 32.7 Å². The number of aromatic nitrogens is 2. The zero-order valence-corrected chi connectivity index (χ0v) is 18.7. The van der Waals surface area contributed by atoms with Crippen molar-refractivity contribution in [3.63, 3.8) is 0 Å². The molecule has 1 unspecified atom stereocenters. The molecule has 0 aliphatic carbocycles. The lowest BCUT2D eigenvalue weighted by Crippen LogP contribution is -2.33. The first-order valence-electron chi connectivity index (χ1n) is 11.1. The van der Waals surface area contributed by atoms with E-state index in [-0.39, 0.29) is 11.5 Å². The largest absolute Gasteiger partial charge is 0.357 e. The highest BCUT2D eigenvalue weighted by Gasteiger charge is 2.23. The molecule has 1 fully saturated rings. The van der Waals surface area contributed by atoms with E-state index >= 15 is 0 Å². The molecule has 1 aliphatic heterocycles. The average molecular weight is 421 g/mol. The Bertz CT molecular complexity index is 1130. The lowest BCUT2D eigenvalue weighted by molar-refractivity contribution is 0.0768. The van der Waals surface area contributed by atoms with Crippen LogP contribution in [0.25, 0.3) is 10.9 Å². The van der Waals surface area contributed by atoms with Gasteiger partial charge in [-0.2, -0.15) is 0 Å². The van der Waals surface area contributed by atoms with Gasteiger partial charge in [0.25, 0.3) is 11.5 Å². The standard InChI is InChI=1S/C25H32N4O2/c1-18-7-4-5-9-20(18)16-29-13-6-8-19(11-14-29)15-27(2)24(30)22-17-28(3)25(31)23-21(22)10-12-26-23/h4-5,7,9-10,12,17,19,26H,6,8,11,13-16H2,1-3H3. The number of aromatic amines is 1. The number of H-pyrrole nitrogens is 1. The highest BCUT2D eigenvalue weighted by atomic mass is 16.2. The lowest BCUT2D eigenvalue weighted by Gasteiger charge is -2.24.